The van der Waals surface area contributed by atoms with Crippen LogP contribution in [-0.4, -0.2) is 66.6 Å². The second kappa shape index (κ2) is 8.94. The first-order valence-corrected chi connectivity index (χ1v) is 10.7. The van der Waals surface area contributed by atoms with E-state index >= 15 is 0 Å². The summed E-state index contributed by atoms with van der Waals surface area (Å²) in [5, 5.41) is 1.08. The van der Waals surface area contributed by atoms with Gasteiger partial charge in [-0.3, -0.25) is 9.59 Å². The van der Waals surface area contributed by atoms with Gasteiger partial charge in [0.2, 0.25) is 0 Å². The highest BCUT2D eigenvalue weighted by Crippen LogP contribution is 2.37. The molecule has 2 N–H and O–H groups in total. The number of hydrogen-bond acceptors (Lipinski definition) is 8. The van der Waals surface area contributed by atoms with E-state index in [4.69, 9.17) is 26.8 Å². The van der Waals surface area contributed by atoms with Gasteiger partial charge in [-0.1, -0.05) is 22.9 Å². The molecule has 9 nitrogen and oxygen atoms in total. The summed E-state index contributed by atoms with van der Waals surface area (Å²) in [7, 11) is 1.43. The fraction of sp³-hybridized carbons (Fsp3) is 0.300. The molecule has 4 rings (SSSR count). The highest BCUT2D eigenvalue weighted by molar-refractivity contribution is 7.21. The van der Waals surface area contributed by atoms with Crippen molar-refractivity contribution < 1.29 is 19.1 Å². The SMILES string of the molecule is COc1cc(C(=O)N2CCN(c3nc4cccnc4s3)CC2)cc(Cl)c1OCC(N)=O. The number of rotatable bonds is 6. The van der Waals surface area contributed by atoms with Crippen LogP contribution in [0.3, 0.4) is 0 Å². The molecule has 11 heteroatoms. The number of hydrogen-bond donors (Lipinski definition) is 1. The van der Waals surface area contributed by atoms with Crippen LogP contribution in [0.2, 0.25) is 5.02 Å². The Morgan fingerprint density at radius 1 is 1.26 bits per heavy atom. The molecule has 1 saturated heterocycles. The van der Waals surface area contributed by atoms with Crippen molar-refractivity contribution in [2.24, 2.45) is 5.73 Å². The minimum Gasteiger partial charge on any atom is -0.493 e. The fourth-order valence-electron chi connectivity index (χ4n) is 3.30. The molecule has 0 unspecified atom stereocenters. The number of nitrogens with zero attached hydrogens (tertiary/aromatic N) is 4. The topological polar surface area (TPSA) is 111 Å². The number of nitrogens with two attached hydrogens (primary N) is 1. The molecule has 0 radical (unpaired) electrons. The lowest BCUT2D eigenvalue weighted by atomic mass is 10.1. The van der Waals surface area contributed by atoms with E-state index in [-0.39, 0.29) is 29.0 Å². The van der Waals surface area contributed by atoms with E-state index in [1.165, 1.54) is 13.2 Å². The molecule has 1 aliphatic heterocycles. The number of piperazine rings is 1. The van der Waals surface area contributed by atoms with E-state index in [0.29, 0.717) is 31.7 Å². The molecule has 0 saturated carbocycles. The number of anilines is 1. The predicted molar refractivity (Wildman–Crippen MR) is 118 cm³/mol. The van der Waals surface area contributed by atoms with Gasteiger partial charge in [0.1, 0.15) is 10.3 Å². The molecule has 1 aliphatic rings. The summed E-state index contributed by atoms with van der Waals surface area (Å²) in [6, 6.07) is 6.87. The molecular formula is C20H20ClN5O4S. The van der Waals surface area contributed by atoms with Crippen molar-refractivity contribution in [3.8, 4) is 11.5 Å². The molecule has 0 aliphatic carbocycles. The van der Waals surface area contributed by atoms with Gasteiger partial charge >= 0.3 is 0 Å². The lowest BCUT2D eigenvalue weighted by Crippen LogP contribution is -2.48. The van der Waals surface area contributed by atoms with E-state index in [1.54, 1.807) is 28.5 Å². The highest BCUT2D eigenvalue weighted by atomic mass is 35.5. The van der Waals surface area contributed by atoms with Crippen molar-refractivity contribution in [2.75, 3.05) is 44.8 Å². The largest absolute Gasteiger partial charge is 0.493 e. The molecule has 1 aromatic carbocycles. The molecule has 0 atom stereocenters. The Morgan fingerprint density at radius 2 is 2.03 bits per heavy atom. The van der Waals surface area contributed by atoms with Crippen molar-refractivity contribution in [2.45, 2.75) is 0 Å². The van der Waals surface area contributed by atoms with Crippen LogP contribution < -0.4 is 20.1 Å². The third-order valence-electron chi connectivity index (χ3n) is 4.83. The minimum atomic E-state index is -0.639. The summed E-state index contributed by atoms with van der Waals surface area (Å²) in [6.07, 6.45) is 1.75. The number of thiazole rings is 1. The van der Waals surface area contributed by atoms with Crippen LogP contribution >= 0.6 is 22.9 Å². The Kier molecular flexibility index (Phi) is 6.10. The lowest BCUT2D eigenvalue weighted by molar-refractivity contribution is -0.119. The zero-order chi connectivity index (χ0) is 22.0. The molecular weight excluding hydrogens is 442 g/mol. The number of methoxy groups -OCH3 is 1. The van der Waals surface area contributed by atoms with Crippen LogP contribution in [-0.2, 0) is 4.79 Å². The van der Waals surface area contributed by atoms with E-state index in [0.717, 1.165) is 15.5 Å². The number of primary amides is 1. The van der Waals surface area contributed by atoms with Crippen LogP contribution in [0.15, 0.2) is 30.5 Å². The summed E-state index contributed by atoms with van der Waals surface area (Å²) in [5.41, 5.74) is 6.37. The second-order valence-electron chi connectivity index (χ2n) is 6.85. The number of aromatic nitrogens is 2. The molecule has 3 heterocycles. The van der Waals surface area contributed by atoms with E-state index in [1.807, 2.05) is 12.1 Å². The molecule has 2 amide bonds. The molecule has 0 spiro atoms. The lowest BCUT2D eigenvalue weighted by Gasteiger charge is -2.34. The second-order valence-corrected chi connectivity index (χ2v) is 8.21. The number of halogens is 1. The number of amides is 2. The van der Waals surface area contributed by atoms with Gasteiger partial charge in [-0.25, -0.2) is 9.97 Å². The standard InChI is InChI=1S/C20H20ClN5O4S/c1-29-15-10-12(9-13(21)17(15)30-11-16(22)27)19(28)25-5-7-26(8-6-25)20-24-14-3-2-4-23-18(14)31-20/h2-4,9-10H,5-8,11H2,1H3,(H2,22,27). The number of ether oxygens (including phenoxy) is 2. The van der Waals surface area contributed by atoms with Crippen molar-refractivity contribution in [1.82, 2.24) is 14.9 Å². The van der Waals surface area contributed by atoms with Crippen molar-refractivity contribution >= 4 is 50.2 Å². The Bertz CT molecular complexity index is 1100. The Labute approximate surface area is 187 Å². The number of carbonyl (C=O) groups excluding carboxylic acids is 2. The van der Waals surface area contributed by atoms with Crippen LogP contribution in [0, 0.1) is 0 Å². The van der Waals surface area contributed by atoms with Crippen molar-refractivity contribution in [3.05, 3.63) is 41.0 Å². The zero-order valence-electron chi connectivity index (χ0n) is 16.7. The third-order valence-corrected chi connectivity index (χ3v) is 6.15. The maximum Gasteiger partial charge on any atom is 0.255 e. The summed E-state index contributed by atoms with van der Waals surface area (Å²) in [6.45, 7) is 2.07. The Morgan fingerprint density at radius 3 is 2.71 bits per heavy atom. The highest BCUT2D eigenvalue weighted by Gasteiger charge is 2.26. The van der Waals surface area contributed by atoms with Gasteiger partial charge < -0.3 is 25.0 Å². The van der Waals surface area contributed by atoms with Gasteiger partial charge in [0, 0.05) is 37.9 Å². The van der Waals surface area contributed by atoms with Crippen LogP contribution in [0.1, 0.15) is 10.4 Å². The van der Waals surface area contributed by atoms with Gasteiger partial charge in [-0.05, 0) is 24.3 Å². The molecule has 31 heavy (non-hydrogen) atoms. The molecule has 3 aromatic rings. The number of fused-ring (bicyclic) bond motifs is 1. The van der Waals surface area contributed by atoms with E-state index < -0.39 is 5.91 Å². The first kappa shape index (κ1) is 21.1. The molecule has 2 aromatic heterocycles. The molecule has 162 valence electrons. The fourth-order valence-corrected chi connectivity index (χ4v) is 4.53. The first-order valence-electron chi connectivity index (χ1n) is 9.50. The zero-order valence-corrected chi connectivity index (χ0v) is 18.3. The summed E-state index contributed by atoms with van der Waals surface area (Å²) < 4.78 is 10.6. The summed E-state index contributed by atoms with van der Waals surface area (Å²) in [5.74, 6) is -0.362. The predicted octanol–water partition coefficient (Wildman–Crippen LogP) is 2.18. The van der Waals surface area contributed by atoms with Crippen molar-refractivity contribution in [3.63, 3.8) is 0 Å². The summed E-state index contributed by atoms with van der Waals surface area (Å²) in [4.78, 5) is 37.8. The van der Waals surface area contributed by atoms with Crippen LogP contribution in [0.4, 0.5) is 5.13 Å². The number of pyridine rings is 1. The average molecular weight is 462 g/mol. The van der Waals surface area contributed by atoms with Crippen LogP contribution in [0.5, 0.6) is 11.5 Å². The van der Waals surface area contributed by atoms with Gasteiger partial charge in [0.05, 0.1) is 12.1 Å². The normalized spacial score (nSPS) is 14.0. The number of benzene rings is 1. The van der Waals surface area contributed by atoms with Crippen LogP contribution in [0.25, 0.3) is 10.3 Å². The first-order chi connectivity index (χ1) is 15.0. The van der Waals surface area contributed by atoms with Gasteiger partial charge in [0.25, 0.3) is 11.8 Å². The van der Waals surface area contributed by atoms with Gasteiger partial charge in [-0.2, -0.15) is 0 Å². The molecule has 1 fully saturated rings. The van der Waals surface area contributed by atoms with Crippen molar-refractivity contribution in [1.29, 1.82) is 0 Å². The summed E-state index contributed by atoms with van der Waals surface area (Å²) >= 11 is 7.82. The monoisotopic (exact) mass is 461 g/mol. The Balaban J connectivity index is 1.45. The Hall–Kier alpha value is -3.11. The maximum absolute atomic E-state index is 13.0. The van der Waals surface area contributed by atoms with Gasteiger partial charge in [0.15, 0.2) is 23.2 Å². The minimum absolute atomic E-state index is 0.160. The van der Waals surface area contributed by atoms with E-state index in [2.05, 4.69) is 14.9 Å². The molecule has 0 bridgehead atoms. The smallest absolute Gasteiger partial charge is 0.255 e. The third kappa shape index (κ3) is 4.49. The van der Waals surface area contributed by atoms with Gasteiger partial charge in [-0.15, -0.1) is 0 Å². The maximum atomic E-state index is 13.0. The average Bonchev–Trinajstić information content (AvgIpc) is 3.21. The number of carbonyl (C=O) groups is 2. The quantitative estimate of drug-likeness (QED) is 0.598. The van der Waals surface area contributed by atoms with E-state index in [9.17, 15) is 9.59 Å².